The minimum Gasteiger partial charge on any atom is -0.304 e. The molecule has 1 unspecified atom stereocenters. The molecule has 0 saturated carbocycles. The van der Waals surface area contributed by atoms with Gasteiger partial charge in [-0.25, -0.2) is 4.39 Å². The van der Waals surface area contributed by atoms with E-state index in [0.717, 1.165) is 11.1 Å². The van der Waals surface area contributed by atoms with Crippen molar-refractivity contribution in [2.45, 2.75) is 25.9 Å². The quantitative estimate of drug-likeness (QED) is 0.781. The molecule has 1 nitrogen and oxygen atoms in total. The van der Waals surface area contributed by atoms with Crippen LogP contribution in [-0.2, 0) is 0 Å². The number of benzene rings is 2. The minimum atomic E-state index is -0.232. The fourth-order valence-corrected chi connectivity index (χ4v) is 2.65. The number of hydrogen-bond donors (Lipinski definition) is 1. The minimum absolute atomic E-state index is 0.00995. The average molecular weight is 312 g/mol. The molecule has 20 heavy (non-hydrogen) atoms. The van der Waals surface area contributed by atoms with Crippen molar-refractivity contribution in [1.29, 1.82) is 0 Å². The lowest BCUT2D eigenvalue weighted by Gasteiger charge is -2.22. The Morgan fingerprint density at radius 1 is 1.00 bits per heavy atom. The Labute approximate surface area is 128 Å². The Bertz CT molecular complexity index is 601. The average Bonchev–Trinajstić information content (AvgIpc) is 2.41. The van der Waals surface area contributed by atoms with Gasteiger partial charge < -0.3 is 5.32 Å². The molecule has 4 heteroatoms. The van der Waals surface area contributed by atoms with E-state index in [4.69, 9.17) is 23.2 Å². The predicted molar refractivity (Wildman–Crippen MR) is 82.8 cm³/mol. The van der Waals surface area contributed by atoms with Gasteiger partial charge in [-0.15, -0.1) is 0 Å². The first-order chi connectivity index (χ1) is 9.47. The van der Waals surface area contributed by atoms with Crippen LogP contribution in [0.1, 0.15) is 37.1 Å². The van der Waals surface area contributed by atoms with Crippen molar-refractivity contribution in [3.05, 3.63) is 69.5 Å². The van der Waals surface area contributed by atoms with Crippen LogP contribution in [0.4, 0.5) is 4.39 Å². The predicted octanol–water partition coefficient (Wildman–Crippen LogP) is 5.54. The van der Waals surface area contributed by atoms with Gasteiger partial charge in [0.15, 0.2) is 0 Å². The molecule has 2 atom stereocenters. The Morgan fingerprint density at radius 3 is 2.45 bits per heavy atom. The van der Waals surface area contributed by atoms with Crippen molar-refractivity contribution < 1.29 is 4.39 Å². The van der Waals surface area contributed by atoms with Crippen LogP contribution in [0.2, 0.25) is 10.0 Å². The van der Waals surface area contributed by atoms with Crippen LogP contribution >= 0.6 is 23.2 Å². The number of rotatable bonds is 4. The van der Waals surface area contributed by atoms with Gasteiger partial charge in [0.05, 0.1) is 0 Å². The largest absolute Gasteiger partial charge is 0.304 e. The van der Waals surface area contributed by atoms with E-state index in [1.54, 1.807) is 18.2 Å². The fraction of sp³-hybridized carbons (Fsp3) is 0.250. The second kappa shape index (κ2) is 6.57. The molecule has 0 aliphatic carbocycles. The molecule has 0 aliphatic heterocycles. The second-order valence-electron chi connectivity index (χ2n) is 4.83. The van der Waals surface area contributed by atoms with Gasteiger partial charge in [0.2, 0.25) is 0 Å². The highest BCUT2D eigenvalue weighted by molar-refractivity contribution is 6.33. The van der Waals surface area contributed by atoms with Crippen molar-refractivity contribution in [3.63, 3.8) is 0 Å². The van der Waals surface area contributed by atoms with Crippen LogP contribution in [0.15, 0.2) is 42.5 Å². The lowest BCUT2D eigenvalue weighted by molar-refractivity contribution is 0.492. The van der Waals surface area contributed by atoms with E-state index in [0.29, 0.717) is 10.0 Å². The molecule has 0 bridgehead atoms. The first kappa shape index (κ1) is 15.3. The topological polar surface area (TPSA) is 12.0 Å². The zero-order valence-corrected chi connectivity index (χ0v) is 12.8. The van der Waals surface area contributed by atoms with E-state index in [9.17, 15) is 4.39 Å². The number of halogens is 3. The second-order valence-corrected chi connectivity index (χ2v) is 5.67. The van der Waals surface area contributed by atoms with E-state index in [-0.39, 0.29) is 17.9 Å². The molecular weight excluding hydrogens is 296 g/mol. The van der Waals surface area contributed by atoms with Crippen LogP contribution in [-0.4, -0.2) is 0 Å². The van der Waals surface area contributed by atoms with Gasteiger partial charge in [-0.3, -0.25) is 0 Å². The highest BCUT2D eigenvalue weighted by Gasteiger charge is 2.14. The smallest absolute Gasteiger partial charge is 0.123 e. The van der Waals surface area contributed by atoms with Gasteiger partial charge in [-0.05, 0) is 55.3 Å². The summed E-state index contributed by atoms with van der Waals surface area (Å²) in [6.45, 7) is 4.00. The van der Waals surface area contributed by atoms with Gasteiger partial charge in [-0.1, -0.05) is 35.3 Å². The molecule has 2 rings (SSSR count). The number of hydrogen-bond acceptors (Lipinski definition) is 1. The number of nitrogens with one attached hydrogen (secondary N) is 1. The summed E-state index contributed by atoms with van der Waals surface area (Å²) in [5.74, 6) is -0.232. The van der Waals surface area contributed by atoms with E-state index in [1.165, 1.54) is 12.1 Å². The molecule has 2 aromatic rings. The van der Waals surface area contributed by atoms with Crippen molar-refractivity contribution >= 4 is 23.2 Å². The van der Waals surface area contributed by atoms with Crippen LogP contribution in [0.25, 0.3) is 0 Å². The van der Waals surface area contributed by atoms with Gasteiger partial charge in [-0.2, -0.15) is 0 Å². The fourth-order valence-electron chi connectivity index (χ4n) is 2.18. The molecule has 0 saturated heterocycles. The summed E-state index contributed by atoms with van der Waals surface area (Å²) in [5, 5.41) is 4.71. The lowest BCUT2D eigenvalue weighted by Crippen LogP contribution is -2.22. The molecular formula is C16H16Cl2FN. The third-order valence-electron chi connectivity index (χ3n) is 3.27. The van der Waals surface area contributed by atoms with E-state index in [1.807, 2.05) is 26.0 Å². The third-order valence-corrected chi connectivity index (χ3v) is 3.85. The first-order valence-corrected chi connectivity index (χ1v) is 7.19. The van der Waals surface area contributed by atoms with Crippen molar-refractivity contribution in [2.75, 3.05) is 0 Å². The molecule has 0 aromatic heterocycles. The summed E-state index contributed by atoms with van der Waals surface area (Å²) in [5.41, 5.74) is 1.83. The van der Waals surface area contributed by atoms with Gasteiger partial charge in [0, 0.05) is 22.1 Å². The molecule has 0 heterocycles. The Kier molecular flexibility index (Phi) is 5.03. The monoisotopic (exact) mass is 311 g/mol. The summed E-state index contributed by atoms with van der Waals surface area (Å²) in [4.78, 5) is 0. The summed E-state index contributed by atoms with van der Waals surface area (Å²) in [6.07, 6.45) is 0. The summed E-state index contributed by atoms with van der Waals surface area (Å²) in [7, 11) is 0. The maximum absolute atomic E-state index is 13.2. The molecule has 106 valence electrons. The van der Waals surface area contributed by atoms with Crippen molar-refractivity contribution in [1.82, 2.24) is 5.32 Å². The zero-order chi connectivity index (χ0) is 14.7. The summed E-state index contributed by atoms with van der Waals surface area (Å²) in [6, 6.07) is 12.0. The Balaban J connectivity index is 2.15. The zero-order valence-electron chi connectivity index (χ0n) is 11.3. The Morgan fingerprint density at radius 2 is 1.75 bits per heavy atom. The van der Waals surface area contributed by atoms with E-state index < -0.39 is 0 Å². The van der Waals surface area contributed by atoms with Crippen LogP contribution < -0.4 is 5.32 Å². The van der Waals surface area contributed by atoms with Crippen molar-refractivity contribution in [3.8, 4) is 0 Å². The highest BCUT2D eigenvalue weighted by Crippen LogP contribution is 2.28. The molecule has 0 spiro atoms. The van der Waals surface area contributed by atoms with Gasteiger partial charge in [0.1, 0.15) is 5.82 Å². The SMILES string of the molecule is CC(N[C@@H](C)c1cccc(F)c1)c1cc(Cl)ccc1Cl. The maximum Gasteiger partial charge on any atom is 0.123 e. The maximum atomic E-state index is 13.2. The molecule has 0 aliphatic rings. The van der Waals surface area contributed by atoms with Crippen LogP contribution in [0.3, 0.4) is 0 Å². The standard InChI is InChI=1S/C16H16Cl2FN/c1-10(12-4-3-5-14(19)8-12)20-11(2)15-9-13(17)6-7-16(15)18/h3-11,20H,1-2H3/t10-,11?/m0/s1. The highest BCUT2D eigenvalue weighted by atomic mass is 35.5. The molecule has 0 radical (unpaired) electrons. The van der Waals surface area contributed by atoms with Crippen molar-refractivity contribution in [2.24, 2.45) is 0 Å². The molecule has 0 fully saturated rings. The lowest BCUT2D eigenvalue weighted by atomic mass is 10.0. The van der Waals surface area contributed by atoms with E-state index >= 15 is 0 Å². The van der Waals surface area contributed by atoms with Gasteiger partial charge >= 0.3 is 0 Å². The van der Waals surface area contributed by atoms with Gasteiger partial charge in [0.25, 0.3) is 0 Å². The Hall–Kier alpha value is -1.09. The van der Waals surface area contributed by atoms with Crippen LogP contribution in [0.5, 0.6) is 0 Å². The van der Waals surface area contributed by atoms with E-state index in [2.05, 4.69) is 5.32 Å². The molecule has 2 aromatic carbocycles. The first-order valence-electron chi connectivity index (χ1n) is 6.44. The molecule has 0 amide bonds. The molecule has 1 N–H and O–H groups in total. The normalized spacial score (nSPS) is 14.1. The summed E-state index contributed by atoms with van der Waals surface area (Å²) >= 11 is 12.2. The van der Waals surface area contributed by atoms with Crippen LogP contribution in [0, 0.1) is 5.82 Å². The third kappa shape index (κ3) is 3.72. The summed E-state index contributed by atoms with van der Waals surface area (Å²) < 4.78 is 13.2.